The highest BCUT2D eigenvalue weighted by Crippen LogP contribution is 1.99. The molecular weight excluding hydrogens is 231 g/mol. The molecule has 14 heavy (non-hydrogen) atoms. The molecule has 0 aromatic rings. The Morgan fingerprint density at radius 2 is 1.29 bits per heavy atom. The van der Waals surface area contributed by atoms with Crippen molar-refractivity contribution in [2.24, 2.45) is 0 Å². The molecule has 0 bridgehead atoms. The smallest absolute Gasteiger partial charge is 0.332 e. The molecule has 4 nitrogen and oxygen atoms in total. The molecule has 0 aliphatic rings. The number of hydrogen-bond acceptors (Lipinski definition) is 4. The Morgan fingerprint density at radius 1 is 1.00 bits per heavy atom. The molecule has 2 unspecified atom stereocenters. The summed E-state index contributed by atoms with van der Waals surface area (Å²) >= 11 is 10.7. The number of hydrogen-bond donors (Lipinski definition) is 0. The molecule has 0 amide bonds. The first kappa shape index (κ1) is 13.3. The molecule has 0 spiro atoms. The fraction of sp³-hybridized carbons (Fsp3) is 0.500. The molecule has 0 saturated heterocycles. The third kappa shape index (κ3) is 7.89. The minimum Gasteiger partial charge on any atom is -0.443 e. The average Bonchev–Trinajstić information content (AvgIpc) is 1.98. The predicted octanol–water partition coefficient (Wildman–Crippen LogP) is 1.80. The van der Waals surface area contributed by atoms with E-state index in [1.54, 1.807) is 0 Å². The molecule has 80 valence electrons. The third-order valence-electron chi connectivity index (χ3n) is 0.913. The van der Waals surface area contributed by atoms with Crippen molar-refractivity contribution in [3.05, 3.63) is 12.2 Å². The van der Waals surface area contributed by atoms with Crippen molar-refractivity contribution >= 4 is 35.1 Å². The van der Waals surface area contributed by atoms with E-state index in [-0.39, 0.29) is 0 Å². The number of alkyl halides is 2. The van der Waals surface area contributed by atoms with Crippen LogP contribution in [0, 0.1) is 0 Å². The summed E-state index contributed by atoms with van der Waals surface area (Å²) < 4.78 is 9.01. The third-order valence-corrected chi connectivity index (χ3v) is 1.09. The second kappa shape index (κ2) is 6.68. The van der Waals surface area contributed by atoms with Gasteiger partial charge in [-0.3, -0.25) is 0 Å². The molecule has 0 aromatic carbocycles. The molecular formula is C8H10Cl2O4. The molecule has 0 heterocycles. The van der Waals surface area contributed by atoms with Crippen LogP contribution in [0.4, 0.5) is 0 Å². The minimum atomic E-state index is -0.741. The lowest BCUT2D eigenvalue weighted by molar-refractivity contribution is -0.141. The molecule has 0 saturated carbocycles. The first-order valence-electron chi connectivity index (χ1n) is 3.79. The van der Waals surface area contributed by atoms with Crippen molar-refractivity contribution < 1.29 is 19.1 Å². The van der Waals surface area contributed by atoms with Crippen LogP contribution in [0.5, 0.6) is 0 Å². The zero-order chi connectivity index (χ0) is 11.1. The van der Waals surface area contributed by atoms with Crippen molar-refractivity contribution in [2.75, 3.05) is 0 Å². The lowest BCUT2D eigenvalue weighted by Crippen LogP contribution is -2.09. The molecule has 0 rings (SSSR count). The normalized spacial score (nSPS) is 14.9. The van der Waals surface area contributed by atoms with Crippen molar-refractivity contribution in [3.8, 4) is 0 Å². The van der Waals surface area contributed by atoms with E-state index in [9.17, 15) is 9.59 Å². The van der Waals surface area contributed by atoms with Crippen LogP contribution < -0.4 is 0 Å². The summed E-state index contributed by atoms with van der Waals surface area (Å²) in [5.41, 5.74) is -1.48. The van der Waals surface area contributed by atoms with E-state index < -0.39 is 23.1 Å². The van der Waals surface area contributed by atoms with Gasteiger partial charge in [0.1, 0.15) is 0 Å². The van der Waals surface area contributed by atoms with Gasteiger partial charge in [-0.2, -0.15) is 0 Å². The van der Waals surface area contributed by atoms with Gasteiger partial charge in [0.15, 0.2) is 11.1 Å². The first-order chi connectivity index (χ1) is 6.41. The number of carbonyl (C=O) groups excluding carboxylic acids is 2. The largest absolute Gasteiger partial charge is 0.443 e. The highest BCUT2D eigenvalue weighted by atomic mass is 35.5. The van der Waals surface area contributed by atoms with Crippen LogP contribution in [0.1, 0.15) is 13.8 Å². The SMILES string of the molecule is CC(Cl)OC(=O)C=CC(=O)OC(C)Cl. The highest BCUT2D eigenvalue weighted by molar-refractivity contribution is 6.20. The van der Waals surface area contributed by atoms with Gasteiger partial charge in [0, 0.05) is 12.2 Å². The number of carbonyl (C=O) groups is 2. The maximum atomic E-state index is 10.8. The fourth-order valence-corrected chi connectivity index (χ4v) is 0.710. The van der Waals surface area contributed by atoms with Crippen molar-refractivity contribution in [1.82, 2.24) is 0 Å². The Labute approximate surface area is 91.8 Å². The van der Waals surface area contributed by atoms with Gasteiger partial charge in [-0.15, -0.1) is 0 Å². The van der Waals surface area contributed by atoms with Gasteiger partial charge in [0.2, 0.25) is 0 Å². The lowest BCUT2D eigenvalue weighted by Gasteiger charge is -2.03. The van der Waals surface area contributed by atoms with E-state index in [0.29, 0.717) is 0 Å². The van der Waals surface area contributed by atoms with Crippen LogP contribution in [0.15, 0.2) is 12.2 Å². The maximum absolute atomic E-state index is 10.8. The molecule has 0 fully saturated rings. The second-order valence-electron chi connectivity index (χ2n) is 2.29. The van der Waals surface area contributed by atoms with E-state index in [0.717, 1.165) is 12.2 Å². The molecule has 0 radical (unpaired) electrons. The van der Waals surface area contributed by atoms with Gasteiger partial charge < -0.3 is 9.47 Å². The monoisotopic (exact) mass is 240 g/mol. The topological polar surface area (TPSA) is 52.6 Å². The summed E-state index contributed by atoms with van der Waals surface area (Å²) in [6.07, 6.45) is 1.83. The molecule has 6 heteroatoms. The van der Waals surface area contributed by atoms with E-state index in [1.807, 2.05) is 0 Å². The summed E-state index contributed by atoms with van der Waals surface area (Å²) in [7, 11) is 0. The van der Waals surface area contributed by atoms with Gasteiger partial charge in [-0.1, -0.05) is 23.2 Å². The van der Waals surface area contributed by atoms with Gasteiger partial charge >= 0.3 is 11.9 Å². The Bertz CT molecular complexity index is 211. The predicted molar refractivity (Wildman–Crippen MR) is 52.0 cm³/mol. The molecule has 0 aromatic heterocycles. The lowest BCUT2D eigenvalue weighted by atomic mass is 10.5. The van der Waals surface area contributed by atoms with Crippen LogP contribution in [0.2, 0.25) is 0 Å². The molecule has 0 aliphatic heterocycles. The van der Waals surface area contributed by atoms with Gasteiger partial charge in [0.05, 0.1) is 0 Å². The maximum Gasteiger partial charge on any atom is 0.332 e. The number of esters is 2. The first-order valence-corrected chi connectivity index (χ1v) is 4.66. The van der Waals surface area contributed by atoms with Crippen molar-refractivity contribution in [1.29, 1.82) is 0 Å². The Kier molecular flexibility index (Phi) is 6.32. The number of halogens is 2. The van der Waals surface area contributed by atoms with Gasteiger partial charge in [-0.25, -0.2) is 9.59 Å². The highest BCUT2D eigenvalue weighted by Gasteiger charge is 2.05. The Hall–Kier alpha value is -0.740. The van der Waals surface area contributed by atoms with Crippen LogP contribution in [0.3, 0.4) is 0 Å². The van der Waals surface area contributed by atoms with E-state index >= 15 is 0 Å². The average molecular weight is 241 g/mol. The number of ether oxygens (including phenoxy) is 2. The molecule has 0 aliphatic carbocycles. The van der Waals surface area contributed by atoms with Crippen molar-refractivity contribution in [2.45, 2.75) is 25.0 Å². The van der Waals surface area contributed by atoms with E-state index in [2.05, 4.69) is 9.47 Å². The standard InChI is InChI=1S/C8H10Cl2O4/c1-5(9)13-7(11)3-4-8(12)14-6(2)10/h3-6H,1-2H3. The molecule has 0 N–H and O–H groups in total. The summed E-state index contributed by atoms with van der Waals surface area (Å²) in [6.45, 7) is 2.96. The van der Waals surface area contributed by atoms with Crippen molar-refractivity contribution in [3.63, 3.8) is 0 Å². The summed E-state index contributed by atoms with van der Waals surface area (Å²) in [6, 6.07) is 0. The van der Waals surface area contributed by atoms with Gasteiger partial charge in [0.25, 0.3) is 0 Å². The van der Waals surface area contributed by atoms with E-state index in [4.69, 9.17) is 23.2 Å². The quantitative estimate of drug-likeness (QED) is 0.427. The zero-order valence-electron chi connectivity index (χ0n) is 7.70. The van der Waals surface area contributed by atoms with E-state index in [1.165, 1.54) is 13.8 Å². The van der Waals surface area contributed by atoms with Gasteiger partial charge in [-0.05, 0) is 13.8 Å². The molecule has 2 atom stereocenters. The minimum absolute atomic E-state index is 0.716. The summed E-state index contributed by atoms with van der Waals surface area (Å²) in [5.74, 6) is -1.43. The summed E-state index contributed by atoms with van der Waals surface area (Å²) in [5, 5.41) is 0. The van der Waals surface area contributed by atoms with Crippen LogP contribution >= 0.6 is 23.2 Å². The number of rotatable bonds is 4. The van der Waals surface area contributed by atoms with Crippen LogP contribution in [-0.2, 0) is 19.1 Å². The zero-order valence-corrected chi connectivity index (χ0v) is 9.21. The second-order valence-corrected chi connectivity index (χ2v) is 3.52. The Balaban J connectivity index is 3.92. The Morgan fingerprint density at radius 3 is 1.50 bits per heavy atom. The van der Waals surface area contributed by atoms with Crippen LogP contribution in [0.25, 0.3) is 0 Å². The summed E-state index contributed by atoms with van der Waals surface area (Å²) in [4.78, 5) is 21.6. The fourth-order valence-electron chi connectivity index (χ4n) is 0.535. The van der Waals surface area contributed by atoms with Crippen LogP contribution in [-0.4, -0.2) is 23.1 Å².